The maximum Gasteiger partial charge on any atom is 0.338 e. The first-order valence-corrected chi connectivity index (χ1v) is 6.68. The lowest BCUT2D eigenvalue weighted by Gasteiger charge is -2.20. The highest BCUT2D eigenvalue weighted by Crippen LogP contribution is 2.19. The molecule has 0 atom stereocenters. The van der Waals surface area contributed by atoms with E-state index >= 15 is 0 Å². The van der Waals surface area contributed by atoms with Gasteiger partial charge in [-0.2, -0.15) is 0 Å². The second kappa shape index (κ2) is 7.08. The number of aliphatic hydroxyl groups is 1. The molecule has 0 unspecified atom stereocenters. The van der Waals surface area contributed by atoms with Crippen molar-refractivity contribution in [3.8, 4) is 0 Å². The molecule has 0 heterocycles. The Morgan fingerprint density at radius 1 is 1.29 bits per heavy atom. The average molecular weight is 294 g/mol. The molecule has 1 aromatic rings. The fourth-order valence-electron chi connectivity index (χ4n) is 1.70. The third-order valence-electron chi connectivity index (χ3n) is 2.63. The van der Waals surface area contributed by atoms with E-state index in [4.69, 9.17) is 9.84 Å². The summed E-state index contributed by atoms with van der Waals surface area (Å²) >= 11 is 0. The maximum absolute atomic E-state index is 12.0. The number of nitrogens with one attached hydrogen (secondary N) is 2. The molecule has 116 valence electrons. The monoisotopic (exact) mass is 294 g/mol. The van der Waals surface area contributed by atoms with Crippen LogP contribution in [0.15, 0.2) is 18.2 Å². The van der Waals surface area contributed by atoms with E-state index in [1.807, 2.05) is 0 Å². The van der Waals surface area contributed by atoms with Gasteiger partial charge in [-0.3, -0.25) is 4.79 Å². The summed E-state index contributed by atoms with van der Waals surface area (Å²) in [5.41, 5.74) is 1.38. The zero-order valence-electron chi connectivity index (χ0n) is 12.8. The van der Waals surface area contributed by atoms with Crippen molar-refractivity contribution in [3.63, 3.8) is 0 Å². The predicted molar refractivity (Wildman–Crippen MR) is 80.1 cm³/mol. The van der Waals surface area contributed by atoms with E-state index in [-0.39, 0.29) is 6.54 Å². The molecule has 0 aliphatic carbocycles. The van der Waals surface area contributed by atoms with Crippen LogP contribution >= 0.6 is 0 Å². The Hall–Kier alpha value is -2.08. The first kappa shape index (κ1) is 17.0. The number of amides is 1. The Balaban J connectivity index is 2.93. The molecular weight excluding hydrogens is 272 g/mol. The molecule has 0 radical (unpaired) electrons. The van der Waals surface area contributed by atoms with E-state index in [0.717, 1.165) is 11.3 Å². The highest BCUT2D eigenvalue weighted by Gasteiger charge is 2.18. The van der Waals surface area contributed by atoms with Crippen molar-refractivity contribution in [2.24, 2.45) is 0 Å². The van der Waals surface area contributed by atoms with Gasteiger partial charge in [0.15, 0.2) is 0 Å². The van der Waals surface area contributed by atoms with Gasteiger partial charge >= 0.3 is 5.97 Å². The van der Waals surface area contributed by atoms with E-state index < -0.39 is 24.1 Å². The third kappa shape index (κ3) is 5.43. The minimum atomic E-state index is -0.569. The van der Waals surface area contributed by atoms with Crippen LogP contribution in [0.3, 0.4) is 0 Å². The summed E-state index contributed by atoms with van der Waals surface area (Å²) in [5.74, 6) is -0.889. The molecule has 0 aliphatic heterocycles. The molecule has 6 heteroatoms. The lowest BCUT2D eigenvalue weighted by molar-refractivity contribution is -0.123. The normalized spacial score (nSPS) is 10.9. The summed E-state index contributed by atoms with van der Waals surface area (Å²) in [5, 5.41) is 14.3. The summed E-state index contributed by atoms with van der Waals surface area (Å²) in [6.07, 6.45) is 0. The Bertz CT molecular complexity index is 521. The Morgan fingerprint density at radius 3 is 2.48 bits per heavy atom. The van der Waals surface area contributed by atoms with Crippen molar-refractivity contribution in [2.75, 3.05) is 19.0 Å². The quantitative estimate of drug-likeness (QED) is 0.712. The van der Waals surface area contributed by atoms with Crippen molar-refractivity contribution in [1.29, 1.82) is 0 Å². The summed E-state index contributed by atoms with van der Waals surface area (Å²) in [4.78, 5) is 23.2. The number of rotatable bonds is 5. The van der Waals surface area contributed by atoms with Crippen molar-refractivity contribution in [1.82, 2.24) is 5.32 Å². The summed E-state index contributed by atoms with van der Waals surface area (Å²) < 4.78 is 5.31. The maximum atomic E-state index is 12.0. The molecule has 6 nitrogen and oxygen atoms in total. The van der Waals surface area contributed by atoms with Gasteiger partial charge in [-0.05, 0) is 44.5 Å². The van der Waals surface area contributed by atoms with Crippen molar-refractivity contribution in [2.45, 2.75) is 32.9 Å². The molecule has 1 aromatic carbocycles. The molecule has 1 amide bonds. The zero-order chi connectivity index (χ0) is 16.0. The van der Waals surface area contributed by atoms with Gasteiger partial charge in [0.2, 0.25) is 5.91 Å². The highest BCUT2D eigenvalue weighted by molar-refractivity contribution is 5.90. The molecule has 0 spiro atoms. The Morgan fingerprint density at radius 2 is 1.95 bits per heavy atom. The smallest absolute Gasteiger partial charge is 0.338 e. The fraction of sp³-hybridized carbons (Fsp3) is 0.467. The number of carbonyl (C=O) groups excluding carboxylic acids is 2. The van der Waals surface area contributed by atoms with Gasteiger partial charge in [-0.1, -0.05) is 0 Å². The zero-order valence-corrected chi connectivity index (χ0v) is 12.8. The third-order valence-corrected chi connectivity index (χ3v) is 2.63. The van der Waals surface area contributed by atoms with E-state index in [2.05, 4.69) is 10.6 Å². The van der Waals surface area contributed by atoms with E-state index in [1.165, 1.54) is 0 Å². The molecule has 0 saturated carbocycles. The van der Waals surface area contributed by atoms with E-state index in [9.17, 15) is 9.59 Å². The van der Waals surface area contributed by atoms with Gasteiger partial charge in [0.05, 0.1) is 5.56 Å². The molecule has 0 bridgehead atoms. The van der Waals surface area contributed by atoms with Crippen LogP contribution < -0.4 is 10.6 Å². The molecule has 0 fully saturated rings. The largest absolute Gasteiger partial charge is 0.456 e. The Labute approximate surface area is 124 Å². The SMILES string of the molecule is CNc1ccc(C(=O)OC(C)(C)C)cc1CNC(=O)CO. The van der Waals surface area contributed by atoms with Crippen molar-refractivity contribution < 1.29 is 19.4 Å². The standard InChI is InChI=1S/C15H22N2O4/c1-15(2,3)21-14(20)10-5-6-12(16-4)11(7-10)8-17-13(19)9-18/h5-7,16,18H,8-9H2,1-4H3,(H,17,19). The van der Waals surface area contributed by atoms with E-state index in [0.29, 0.717) is 5.56 Å². The molecular formula is C15H22N2O4. The van der Waals surface area contributed by atoms with Crippen LogP contribution in [-0.2, 0) is 16.1 Å². The van der Waals surface area contributed by atoms with Gasteiger partial charge in [-0.15, -0.1) is 0 Å². The minimum absolute atomic E-state index is 0.214. The van der Waals surface area contributed by atoms with Gasteiger partial charge in [0, 0.05) is 19.3 Å². The number of esters is 1. The lowest BCUT2D eigenvalue weighted by atomic mass is 10.1. The van der Waals surface area contributed by atoms with Crippen molar-refractivity contribution in [3.05, 3.63) is 29.3 Å². The average Bonchev–Trinajstić information content (AvgIpc) is 2.42. The van der Waals surface area contributed by atoms with Crippen LogP contribution in [0.4, 0.5) is 5.69 Å². The summed E-state index contributed by atoms with van der Waals surface area (Å²) in [6, 6.07) is 5.08. The Kier molecular flexibility index (Phi) is 5.72. The van der Waals surface area contributed by atoms with E-state index in [1.54, 1.807) is 46.0 Å². The van der Waals surface area contributed by atoms with Crippen molar-refractivity contribution >= 4 is 17.6 Å². The van der Waals surface area contributed by atoms with Gasteiger partial charge < -0.3 is 20.5 Å². The van der Waals surface area contributed by atoms with Crippen LogP contribution in [0.1, 0.15) is 36.7 Å². The number of carbonyl (C=O) groups is 2. The van der Waals surface area contributed by atoms with Crippen LogP contribution in [0.2, 0.25) is 0 Å². The van der Waals surface area contributed by atoms with Crippen LogP contribution in [0.25, 0.3) is 0 Å². The number of benzene rings is 1. The lowest BCUT2D eigenvalue weighted by Crippen LogP contribution is -2.26. The molecule has 21 heavy (non-hydrogen) atoms. The van der Waals surface area contributed by atoms with Crippen LogP contribution in [-0.4, -0.2) is 36.2 Å². The number of hydrogen-bond acceptors (Lipinski definition) is 5. The molecule has 3 N–H and O–H groups in total. The number of hydrogen-bond donors (Lipinski definition) is 3. The number of aliphatic hydroxyl groups excluding tert-OH is 1. The second-order valence-corrected chi connectivity index (χ2v) is 5.56. The molecule has 0 aromatic heterocycles. The molecule has 0 aliphatic rings. The van der Waals surface area contributed by atoms with Gasteiger partial charge in [0.25, 0.3) is 0 Å². The molecule has 1 rings (SSSR count). The summed E-state index contributed by atoms with van der Waals surface area (Å²) in [7, 11) is 1.75. The topological polar surface area (TPSA) is 87.7 Å². The minimum Gasteiger partial charge on any atom is -0.456 e. The van der Waals surface area contributed by atoms with Crippen LogP contribution in [0, 0.1) is 0 Å². The van der Waals surface area contributed by atoms with Crippen LogP contribution in [0.5, 0.6) is 0 Å². The highest BCUT2D eigenvalue weighted by atomic mass is 16.6. The number of ether oxygens (including phenoxy) is 1. The second-order valence-electron chi connectivity index (χ2n) is 5.56. The predicted octanol–water partition coefficient (Wildman–Crippen LogP) is 1.29. The number of anilines is 1. The first-order chi connectivity index (χ1) is 9.76. The fourth-order valence-corrected chi connectivity index (χ4v) is 1.70. The van der Waals surface area contributed by atoms with Gasteiger partial charge in [-0.25, -0.2) is 4.79 Å². The molecule has 0 saturated heterocycles. The van der Waals surface area contributed by atoms with Gasteiger partial charge in [0.1, 0.15) is 12.2 Å². The first-order valence-electron chi connectivity index (χ1n) is 6.68. The summed E-state index contributed by atoms with van der Waals surface area (Å²) in [6.45, 7) is 5.05.